The minimum absolute atomic E-state index is 0.545. The van der Waals surface area contributed by atoms with E-state index < -0.39 is 0 Å². The van der Waals surface area contributed by atoms with Gasteiger partial charge in [0.1, 0.15) is 5.03 Å². The van der Waals surface area contributed by atoms with Crippen molar-refractivity contribution in [3.05, 3.63) is 46.6 Å². The number of nitrogens with zero attached hydrogens (tertiary/aromatic N) is 1. The van der Waals surface area contributed by atoms with Crippen LogP contribution in [0, 0.1) is 0 Å². The molecule has 5 heteroatoms. The predicted molar refractivity (Wildman–Crippen MR) is 82.2 cm³/mol. The topological polar surface area (TPSA) is 38.9 Å². The molecule has 0 aliphatic carbocycles. The molecule has 2 nitrogen and oxygen atoms in total. The van der Waals surface area contributed by atoms with Gasteiger partial charge in [-0.1, -0.05) is 17.8 Å². The van der Waals surface area contributed by atoms with Gasteiger partial charge in [0.25, 0.3) is 0 Å². The normalized spacial score (nSPS) is 10.6. The summed E-state index contributed by atoms with van der Waals surface area (Å²) < 4.78 is 1.01. The molecular weight excluding hydrogens is 328 g/mol. The standard InChI is InChI=1S/C13H13BrN2S2/c1-17-11-5-2-6-12(9(11)8-15)18-13-10(14)4-3-7-16-13/h2-7H,8,15H2,1H3. The summed E-state index contributed by atoms with van der Waals surface area (Å²) >= 11 is 6.88. The van der Waals surface area contributed by atoms with Crippen molar-refractivity contribution in [2.75, 3.05) is 6.26 Å². The summed E-state index contributed by atoms with van der Waals surface area (Å²) in [6, 6.07) is 10.2. The van der Waals surface area contributed by atoms with E-state index >= 15 is 0 Å². The number of aromatic nitrogens is 1. The molecule has 0 aliphatic rings. The van der Waals surface area contributed by atoms with Gasteiger partial charge in [-0.25, -0.2) is 4.98 Å². The fourth-order valence-corrected chi connectivity index (χ4v) is 3.75. The average Bonchev–Trinajstić information content (AvgIpc) is 2.41. The molecule has 1 aromatic carbocycles. The van der Waals surface area contributed by atoms with Crippen molar-refractivity contribution in [3.8, 4) is 0 Å². The summed E-state index contributed by atoms with van der Waals surface area (Å²) in [5.74, 6) is 0. The zero-order chi connectivity index (χ0) is 13.0. The molecule has 2 aromatic rings. The molecule has 0 amide bonds. The molecule has 18 heavy (non-hydrogen) atoms. The monoisotopic (exact) mass is 340 g/mol. The van der Waals surface area contributed by atoms with E-state index in [-0.39, 0.29) is 0 Å². The first kappa shape index (κ1) is 13.9. The molecule has 0 aliphatic heterocycles. The molecule has 0 saturated heterocycles. The molecule has 0 unspecified atom stereocenters. The minimum Gasteiger partial charge on any atom is -0.326 e. The third-order valence-electron chi connectivity index (χ3n) is 2.45. The van der Waals surface area contributed by atoms with Crippen LogP contribution >= 0.6 is 39.5 Å². The number of pyridine rings is 1. The SMILES string of the molecule is CSc1cccc(Sc2ncccc2Br)c1CN. The molecule has 1 heterocycles. The Hall–Kier alpha value is -0.490. The maximum atomic E-state index is 5.86. The molecular formula is C13H13BrN2S2. The zero-order valence-corrected chi connectivity index (χ0v) is 13.1. The summed E-state index contributed by atoms with van der Waals surface area (Å²) in [6.45, 7) is 0.545. The summed E-state index contributed by atoms with van der Waals surface area (Å²) in [6.07, 6.45) is 3.87. The van der Waals surface area contributed by atoms with E-state index in [1.165, 1.54) is 15.4 Å². The van der Waals surface area contributed by atoms with Gasteiger partial charge in [0.15, 0.2) is 0 Å². The Morgan fingerprint density at radius 1 is 1.22 bits per heavy atom. The van der Waals surface area contributed by atoms with E-state index in [4.69, 9.17) is 5.73 Å². The highest BCUT2D eigenvalue weighted by Gasteiger charge is 2.10. The number of rotatable bonds is 4. The van der Waals surface area contributed by atoms with Crippen LogP contribution in [0.3, 0.4) is 0 Å². The highest BCUT2D eigenvalue weighted by atomic mass is 79.9. The smallest absolute Gasteiger partial charge is 0.115 e. The molecule has 0 spiro atoms. The largest absolute Gasteiger partial charge is 0.326 e. The summed E-state index contributed by atoms with van der Waals surface area (Å²) in [5.41, 5.74) is 7.05. The first-order valence-electron chi connectivity index (χ1n) is 5.40. The van der Waals surface area contributed by atoms with Gasteiger partial charge >= 0.3 is 0 Å². The number of halogens is 1. The third-order valence-corrected chi connectivity index (χ3v) is 5.29. The second-order valence-corrected chi connectivity index (χ2v) is 6.27. The van der Waals surface area contributed by atoms with Gasteiger partial charge in [-0.2, -0.15) is 0 Å². The van der Waals surface area contributed by atoms with Gasteiger partial charge in [0.2, 0.25) is 0 Å². The molecule has 0 bridgehead atoms. The van der Waals surface area contributed by atoms with E-state index in [1.807, 2.05) is 12.1 Å². The van der Waals surface area contributed by atoms with Crippen LogP contribution in [0.4, 0.5) is 0 Å². The maximum Gasteiger partial charge on any atom is 0.115 e. The van der Waals surface area contributed by atoms with Crippen LogP contribution in [-0.4, -0.2) is 11.2 Å². The van der Waals surface area contributed by atoms with Gasteiger partial charge in [-0.15, -0.1) is 11.8 Å². The Morgan fingerprint density at radius 2 is 2.00 bits per heavy atom. The maximum absolute atomic E-state index is 5.86. The first-order valence-corrected chi connectivity index (χ1v) is 8.24. The zero-order valence-electron chi connectivity index (χ0n) is 9.89. The van der Waals surface area contributed by atoms with E-state index in [9.17, 15) is 0 Å². The van der Waals surface area contributed by atoms with Gasteiger partial charge in [-0.05, 0) is 52.0 Å². The van der Waals surface area contributed by atoms with Crippen molar-refractivity contribution in [3.63, 3.8) is 0 Å². The van der Waals surface area contributed by atoms with Crippen LogP contribution in [0.2, 0.25) is 0 Å². The van der Waals surface area contributed by atoms with Crippen LogP contribution in [-0.2, 0) is 6.54 Å². The van der Waals surface area contributed by atoms with E-state index in [0.717, 1.165) is 9.50 Å². The second-order valence-electron chi connectivity index (χ2n) is 3.53. The summed E-state index contributed by atoms with van der Waals surface area (Å²) in [7, 11) is 0. The molecule has 0 fully saturated rings. The van der Waals surface area contributed by atoms with Gasteiger partial charge in [-0.3, -0.25) is 0 Å². The Kier molecular flexibility index (Phi) is 5.12. The third kappa shape index (κ3) is 3.09. The number of thioether (sulfide) groups is 1. The van der Waals surface area contributed by atoms with Gasteiger partial charge in [0, 0.05) is 22.5 Å². The second kappa shape index (κ2) is 6.61. The Balaban J connectivity index is 2.37. The van der Waals surface area contributed by atoms with Crippen LogP contribution in [0.25, 0.3) is 0 Å². The highest BCUT2D eigenvalue weighted by Crippen LogP contribution is 2.36. The van der Waals surface area contributed by atoms with Crippen molar-refractivity contribution in [1.82, 2.24) is 4.98 Å². The molecule has 0 atom stereocenters. The van der Waals surface area contributed by atoms with Crippen LogP contribution in [0.5, 0.6) is 0 Å². The minimum atomic E-state index is 0.545. The van der Waals surface area contributed by atoms with Crippen LogP contribution in [0.15, 0.2) is 55.8 Å². The summed E-state index contributed by atoms with van der Waals surface area (Å²) in [5, 5.41) is 0.963. The fraction of sp³-hybridized carbons (Fsp3) is 0.154. The number of nitrogens with two attached hydrogens (primary N) is 1. The lowest BCUT2D eigenvalue weighted by Gasteiger charge is -2.11. The van der Waals surface area contributed by atoms with Crippen molar-refractivity contribution >= 4 is 39.5 Å². The van der Waals surface area contributed by atoms with Gasteiger partial charge < -0.3 is 5.73 Å². The predicted octanol–water partition coefficient (Wildman–Crippen LogP) is 4.18. The van der Waals surface area contributed by atoms with E-state index in [0.29, 0.717) is 6.54 Å². The lowest BCUT2D eigenvalue weighted by atomic mass is 10.2. The molecule has 94 valence electrons. The molecule has 2 rings (SSSR count). The fourth-order valence-electron chi connectivity index (χ4n) is 1.58. The Labute approximate surface area is 124 Å². The Bertz CT molecular complexity index is 546. The van der Waals surface area contributed by atoms with Crippen molar-refractivity contribution in [1.29, 1.82) is 0 Å². The average molecular weight is 341 g/mol. The molecule has 0 saturated carbocycles. The number of hydrogen-bond acceptors (Lipinski definition) is 4. The number of hydrogen-bond donors (Lipinski definition) is 1. The first-order chi connectivity index (χ1) is 8.76. The van der Waals surface area contributed by atoms with Crippen molar-refractivity contribution in [2.24, 2.45) is 5.73 Å². The summed E-state index contributed by atoms with van der Waals surface area (Å²) in [4.78, 5) is 6.77. The lowest BCUT2D eigenvalue weighted by Crippen LogP contribution is -2.00. The van der Waals surface area contributed by atoms with Gasteiger partial charge in [0.05, 0.1) is 4.47 Å². The number of benzene rings is 1. The highest BCUT2D eigenvalue weighted by molar-refractivity contribution is 9.10. The lowest BCUT2D eigenvalue weighted by molar-refractivity contribution is 0.977. The molecule has 0 radical (unpaired) electrons. The van der Waals surface area contributed by atoms with Crippen LogP contribution in [0.1, 0.15) is 5.56 Å². The molecule has 2 N–H and O–H groups in total. The van der Waals surface area contributed by atoms with Crippen molar-refractivity contribution < 1.29 is 0 Å². The molecule has 1 aromatic heterocycles. The van der Waals surface area contributed by atoms with Crippen molar-refractivity contribution in [2.45, 2.75) is 21.4 Å². The van der Waals surface area contributed by atoms with E-state index in [2.05, 4.69) is 45.4 Å². The Morgan fingerprint density at radius 3 is 2.67 bits per heavy atom. The van der Waals surface area contributed by atoms with Crippen LogP contribution < -0.4 is 5.73 Å². The quantitative estimate of drug-likeness (QED) is 0.847. The van der Waals surface area contributed by atoms with E-state index in [1.54, 1.807) is 29.7 Å².